The molecule has 0 bridgehead atoms. The van der Waals surface area contributed by atoms with E-state index in [0.29, 0.717) is 35.4 Å². The van der Waals surface area contributed by atoms with Crippen LogP contribution in [0.15, 0.2) is 23.0 Å². The lowest BCUT2D eigenvalue weighted by molar-refractivity contribution is 0.176. The van der Waals surface area contributed by atoms with Crippen molar-refractivity contribution in [3.63, 3.8) is 0 Å². The minimum absolute atomic E-state index is 0.111. The quantitative estimate of drug-likeness (QED) is 0.791. The van der Waals surface area contributed by atoms with Crippen molar-refractivity contribution in [3.8, 4) is 5.75 Å². The van der Waals surface area contributed by atoms with Gasteiger partial charge in [-0.25, -0.2) is 4.98 Å². The van der Waals surface area contributed by atoms with Crippen molar-refractivity contribution in [2.75, 3.05) is 7.11 Å². The smallest absolute Gasteiger partial charge is 0.261 e. The van der Waals surface area contributed by atoms with E-state index in [-0.39, 0.29) is 5.56 Å². The molecule has 1 aliphatic rings. The molecule has 1 aromatic heterocycles. The average Bonchev–Trinajstić information content (AvgIpc) is 2.72. The lowest BCUT2D eigenvalue weighted by Gasteiger charge is -2.07. The highest BCUT2D eigenvalue weighted by Crippen LogP contribution is 2.24. The Kier molecular flexibility index (Phi) is 2.16. The molecule has 1 aromatic carbocycles. The summed E-state index contributed by atoms with van der Waals surface area (Å²) in [5.41, 5.74) is 0.489. The van der Waals surface area contributed by atoms with Crippen molar-refractivity contribution in [1.29, 1.82) is 0 Å². The number of hydrogen-bond acceptors (Lipinski definition) is 4. The second kappa shape index (κ2) is 3.56. The highest BCUT2D eigenvalue weighted by atomic mass is 16.5. The van der Waals surface area contributed by atoms with Crippen molar-refractivity contribution in [1.82, 2.24) is 9.55 Å². The molecular weight excluding hydrogens is 220 g/mol. The summed E-state index contributed by atoms with van der Waals surface area (Å²) >= 11 is 0. The zero-order valence-corrected chi connectivity index (χ0v) is 9.38. The number of aliphatic hydroxyl groups excluding tert-OH is 1. The number of ether oxygens (including phenoxy) is 1. The van der Waals surface area contributed by atoms with Gasteiger partial charge in [-0.05, 0) is 24.6 Å². The maximum absolute atomic E-state index is 12.2. The fourth-order valence-corrected chi connectivity index (χ4v) is 2.20. The van der Waals surface area contributed by atoms with Crippen LogP contribution in [0.3, 0.4) is 0 Å². The third-order valence-corrected chi connectivity index (χ3v) is 3.12. The molecule has 3 rings (SSSR count). The molecule has 0 saturated heterocycles. The second-order valence-electron chi connectivity index (χ2n) is 4.11. The molecule has 1 aliphatic heterocycles. The summed E-state index contributed by atoms with van der Waals surface area (Å²) < 4.78 is 6.63. The molecular formula is C12H12N2O3. The number of nitrogens with zero attached hydrogens (tertiary/aromatic N) is 2. The van der Waals surface area contributed by atoms with Gasteiger partial charge in [0.1, 0.15) is 17.7 Å². The van der Waals surface area contributed by atoms with E-state index >= 15 is 0 Å². The van der Waals surface area contributed by atoms with Crippen LogP contribution in [-0.4, -0.2) is 21.8 Å². The highest BCUT2D eigenvalue weighted by molar-refractivity contribution is 5.79. The number of rotatable bonds is 1. The van der Waals surface area contributed by atoms with Gasteiger partial charge < -0.3 is 9.84 Å². The minimum atomic E-state index is -0.630. The van der Waals surface area contributed by atoms with Gasteiger partial charge in [-0.3, -0.25) is 9.36 Å². The van der Waals surface area contributed by atoms with Crippen LogP contribution >= 0.6 is 0 Å². The summed E-state index contributed by atoms with van der Waals surface area (Å²) in [5, 5.41) is 10.2. The van der Waals surface area contributed by atoms with Gasteiger partial charge in [-0.15, -0.1) is 0 Å². The first kappa shape index (κ1) is 10.3. The van der Waals surface area contributed by atoms with Gasteiger partial charge >= 0.3 is 0 Å². The average molecular weight is 232 g/mol. The molecule has 5 nitrogen and oxygen atoms in total. The molecule has 1 N–H and O–H groups in total. The zero-order chi connectivity index (χ0) is 12.0. The van der Waals surface area contributed by atoms with Crippen molar-refractivity contribution in [2.45, 2.75) is 19.1 Å². The molecule has 0 spiro atoms. The Labute approximate surface area is 97.3 Å². The van der Waals surface area contributed by atoms with E-state index < -0.39 is 6.10 Å². The lowest BCUT2D eigenvalue weighted by atomic mass is 10.2. The third-order valence-electron chi connectivity index (χ3n) is 3.12. The minimum Gasteiger partial charge on any atom is -0.497 e. The van der Waals surface area contributed by atoms with E-state index in [1.54, 1.807) is 25.3 Å². The van der Waals surface area contributed by atoms with E-state index in [2.05, 4.69) is 4.98 Å². The van der Waals surface area contributed by atoms with Gasteiger partial charge in [0.05, 0.1) is 18.0 Å². The van der Waals surface area contributed by atoms with Crippen LogP contribution in [0.25, 0.3) is 10.9 Å². The Morgan fingerprint density at radius 3 is 3.12 bits per heavy atom. The molecule has 2 heterocycles. The maximum Gasteiger partial charge on any atom is 0.261 e. The largest absolute Gasteiger partial charge is 0.497 e. The summed E-state index contributed by atoms with van der Waals surface area (Å²) in [6, 6.07) is 5.18. The summed E-state index contributed by atoms with van der Waals surface area (Å²) in [4.78, 5) is 16.5. The molecule has 5 heteroatoms. The molecule has 0 saturated carbocycles. The Morgan fingerprint density at radius 1 is 1.53 bits per heavy atom. The first-order valence-corrected chi connectivity index (χ1v) is 5.47. The third kappa shape index (κ3) is 1.43. The van der Waals surface area contributed by atoms with Crippen LogP contribution in [-0.2, 0) is 6.54 Å². The van der Waals surface area contributed by atoms with E-state index in [1.165, 1.54) is 4.57 Å². The van der Waals surface area contributed by atoms with Crippen molar-refractivity contribution in [3.05, 3.63) is 34.4 Å². The topological polar surface area (TPSA) is 64.4 Å². The standard InChI is InChI=1S/C12H12N2O3/c1-17-7-2-3-9-8(6-7)12(16)14-5-4-10(15)11(14)13-9/h2-3,6,10,15H,4-5H2,1H3/t10-/m1/s1. The summed E-state index contributed by atoms with van der Waals surface area (Å²) in [6.45, 7) is 0.523. The Bertz CT molecular complexity index is 648. The first-order valence-electron chi connectivity index (χ1n) is 5.47. The highest BCUT2D eigenvalue weighted by Gasteiger charge is 2.24. The van der Waals surface area contributed by atoms with E-state index in [4.69, 9.17) is 4.74 Å². The van der Waals surface area contributed by atoms with Gasteiger partial charge in [-0.2, -0.15) is 0 Å². The second-order valence-corrected chi connectivity index (χ2v) is 4.11. The number of fused-ring (bicyclic) bond motifs is 2. The van der Waals surface area contributed by atoms with Gasteiger partial charge in [0, 0.05) is 6.54 Å². The van der Waals surface area contributed by atoms with E-state index in [0.717, 1.165) is 0 Å². The number of methoxy groups -OCH3 is 1. The van der Waals surface area contributed by atoms with E-state index in [9.17, 15) is 9.90 Å². The number of aliphatic hydroxyl groups is 1. The molecule has 88 valence electrons. The fourth-order valence-electron chi connectivity index (χ4n) is 2.20. The number of aromatic nitrogens is 2. The predicted molar refractivity (Wildman–Crippen MR) is 62.1 cm³/mol. The van der Waals surface area contributed by atoms with Crippen molar-refractivity contribution in [2.24, 2.45) is 0 Å². The van der Waals surface area contributed by atoms with Crippen LogP contribution in [0.4, 0.5) is 0 Å². The summed E-state index contributed by atoms with van der Waals surface area (Å²) in [6.07, 6.45) is -0.0791. The normalized spacial score (nSPS) is 18.4. The molecule has 0 radical (unpaired) electrons. The van der Waals surface area contributed by atoms with Crippen LogP contribution in [0.5, 0.6) is 5.75 Å². The number of hydrogen-bond donors (Lipinski definition) is 1. The Hall–Kier alpha value is -1.88. The van der Waals surface area contributed by atoms with Crippen LogP contribution in [0, 0.1) is 0 Å². The van der Waals surface area contributed by atoms with E-state index in [1.807, 2.05) is 0 Å². The Morgan fingerprint density at radius 2 is 2.35 bits per heavy atom. The Balaban J connectivity index is 2.36. The maximum atomic E-state index is 12.2. The lowest BCUT2D eigenvalue weighted by Crippen LogP contribution is -2.21. The predicted octanol–water partition coefficient (Wildman–Crippen LogP) is 0.842. The van der Waals surface area contributed by atoms with Crippen LogP contribution in [0.1, 0.15) is 18.3 Å². The van der Waals surface area contributed by atoms with Gasteiger partial charge in [0.15, 0.2) is 0 Å². The van der Waals surface area contributed by atoms with Crippen molar-refractivity contribution < 1.29 is 9.84 Å². The fraction of sp³-hybridized carbons (Fsp3) is 0.333. The zero-order valence-electron chi connectivity index (χ0n) is 9.38. The van der Waals surface area contributed by atoms with Gasteiger partial charge in [0.25, 0.3) is 5.56 Å². The summed E-state index contributed by atoms with van der Waals surface area (Å²) in [7, 11) is 1.56. The molecule has 17 heavy (non-hydrogen) atoms. The SMILES string of the molecule is COc1ccc2nc3n(c(=O)c2c1)CC[C@H]3O. The molecule has 0 fully saturated rings. The number of benzene rings is 1. The van der Waals surface area contributed by atoms with Gasteiger partial charge in [-0.1, -0.05) is 0 Å². The monoisotopic (exact) mass is 232 g/mol. The first-order chi connectivity index (χ1) is 8.20. The van der Waals surface area contributed by atoms with Crippen LogP contribution in [0.2, 0.25) is 0 Å². The molecule has 0 unspecified atom stereocenters. The molecule has 0 aliphatic carbocycles. The molecule has 2 aromatic rings. The van der Waals surface area contributed by atoms with Crippen LogP contribution < -0.4 is 10.3 Å². The molecule has 0 amide bonds. The van der Waals surface area contributed by atoms with Crippen molar-refractivity contribution >= 4 is 10.9 Å². The summed E-state index contributed by atoms with van der Waals surface area (Å²) in [5.74, 6) is 1.10. The van der Waals surface area contributed by atoms with Gasteiger partial charge in [0.2, 0.25) is 0 Å². The molecule has 1 atom stereocenters.